The molecule has 3 aromatic carbocycles. The SMILES string of the molecule is CCCNC(=O)C(C)N(Cc1ccc(Cl)c(Cl)c1)C(=O)CN(c1ccc(C)cc1)S(=O)(=O)c1ccc(F)cc1. The van der Waals surface area contributed by atoms with Crippen molar-refractivity contribution < 1.29 is 22.4 Å². The van der Waals surface area contributed by atoms with Crippen molar-refractivity contribution >= 4 is 50.7 Å². The molecule has 1 atom stereocenters. The van der Waals surface area contributed by atoms with E-state index < -0.39 is 34.3 Å². The van der Waals surface area contributed by atoms with Crippen LogP contribution in [0.3, 0.4) is 0 Å². The largest absolute Gasteiger partial charge is 0.354 e. The summed E-state index contributed by atoms with van der Waals surface area (Å²) in [5, 5.41) is 3.40. The maximum Gasteiger partial charge on any atom is 0.264 e. The summed E-state index contributed by atoms with van der Waals surface area (Å²) in [5.41, 5.74) is 1.75. The summed E-state index contributed by atoms with van der Waals surface area (Å²) in [7, 11) is -4.28. The topological polar surface area (TPSA) is 86.8 Å². The monoisotopic (exact) mass is 593 g/mol. The Morgan fingerprint density at radius 1 is 0.974 bits per heavy atom. The number of hydrogen-bond acceptors (Lipinski definition) is 4. The molecular weight excluding hydrogens is 564 g/mol. The lowest BCUT2D eigenvalue weighted by atomic mass is 10.1. The van der Waals surface area contributed by atoms with Crippen molar-refractivity contribution in [2.45, 2.75) is 44.7 Å². The Morgan fingerprint density at radius 3 is 2.21 bits per heavy atom. The maximum atomic E-state index is 13.8. The number of aryl methyl sites for hydroxylation is 1. The summed E-state index contributed by atoms with van der Waals surface area (Å²) in [6.07, 6.45) is 0.705. The van der Waals surface area contributed by atoms with Gasteiger partial charge in [-0.2, -0.15) is 0 Å². The predicted octanol–water partition coefficient (Wildman–Crippen LogP) is 5.58. The third kappa shape index (κ3) is 7.71. The molecule has 0 spiro atoms. The number of nitrogens with zero attached hydrogens (tertiary/aromatic N) is 2. The van der Waals surface area contributed by atoms with Crippen LogP contribution in [0.2, 0.25) is 10.0 Å². The molecule has 7 nitrogen and oxygen atoms in total. The van der Waals surface area contributed by atoms with Crippen LogP contribution >= 0.6 is 23.2 Å². The fraction of sp³-hybridized carbons (Fsp3) is 0.286. The molecule has 0 heterocycles. The number of carbonyl (C=O) groups is 2. The molecule has 0 aliphatic rings. The first-order chi connectivity index (χ1) is 18.4. The molecule has 0 aliphatic heterocycles. The van der Waals surface area contributed by atoms with E-state index >= 15 is 0 Å². The van der Waals surface area contributed by atoms with Gasteiger partial charge in [0.15, 0.2) is 0 Å². The van der Waals surface area contributed by atoms with E-state index in [9.17, 15) is 22.4 Å². The van der Waals surface area contributed by atoms with Crippen LogP contribution in [0.5, 0.6) is 0 Å². The maximum absolute atomic E-state index is 13.8. The van der Waals surface area contributed by atoms with Gasteiger partial charge in [-0.05, 0) is 74.4 Å². The van der Waals surface area contributed by atoms with E-state index in [0.29, 0.717) is 23.6 Å². The molecule has 0 saturated carbocycles. The molecular formula is C28H30Cl2FN3O4S. The minimum Gasteiger partial charge on any atom is -0.354 e. The fourth-order valence-corrected chi connectivity index (χ4v) is 5.52. The number of amides is 2. The highest BCUT2D eigenvalue weighted by Crippen LogP contribution is 2.26. The quantitative estimate of drug-likeness (QED) is 0.314. The van der Waals surface area contributed by atoms with E-state index in [1.165, 1.54) is 4.90 Å². The van der Waals surface area contributed by atoms with E-state index in [1.807, 2.05) is 13.8 Å². The lowest BCUT2D eigenvalue weighted by Gasteiger charge is -2.32. The lowest BCUT2D eigenvalue weighted by molar-refractivity contribution is -0.139. The summed E-state index contributed by atoms with van der Waals surface area (Å²) < 4.78 is 41.9. The van der Waals surface area contributed by atoms with Crippen molar-refractivity contribution in [3.63, 3.8) is 0 Å². The van der Waals surface area contributed by atoms with Crippen LogP contribution in [-0.4, -0.2) is 44.3 Å². The number of benzene rings is 3. The third-order valence-corrected chi connectivity index (χ3v) is 8.58. The molecule has 11 heteroatoms. The van der Waals surface area contributed by atoms with Gasteiger partial charge in [0.2, 0.25) is 11.8 Å². The van der Waals surface area contributed by atoms with Gasteiger partial charge in [-0.1, -0.05) is 53.9 Å². The van der Waals surface area contributed by atoms with Gasteiger partial charge in [-0.3, -0.25) is 13.9 Å². The summed E-state index contributed by atoms with van der Waals surface area (Å²) in [5.74, 6) is -1.59. The van der Waals surface area contributed by atoms with Crippen LogP contribution in [0.4, 0.5) is 10.1 Å². The van der Waals surface area contributed by atoms with Crippen LogP contribution in [0.15, 0.2) is 71.6 Å². The van der Waals surface area contributed by atoms with Gasteiger partial charge in [0.25, 0.3) is 10.0 Å². The Labute approximate surface area is 238 Å². The first-order valence-corrected chi connectivity index (χ1v) is 14.5. The van der Waals surface area contributed by atoms with Crippen molar-refractivity contribution in [2.75, 3.05) is 17.4 Å². The molecule has 208 valence electrons. The highest BCUT2D eigenvalue weighted by molar-refractivity contribution is 7.92. The number of rotatable bonds is 11. The Hall–Kier alpha value is -3.14. The Balaban J connectivity index is 2.02. The van der Waals surface area contributed by atoms with Gasteiger partial charge in [-0.25, -0.2) is 12.8 Å². The van der Waals surface area contributed by atoms with Crippen LogP contribution in [0.25, 0.3) is 0 Å². The smallest absolute Gasteiger partial charge is 0.264 e. The Morgan fingerprint density at radius 2 is 1.62 bits per heavy atom. The molecule has 0 fully saturated rings. The number of halogens is 3. The molecule has 1 unspecified atom stereocenters. The molecule has 39 heavy (non-hydrogen) atoms. The Bertz CT molecular complexity index is 1420. The minimum atomic E-state index is -4.28. The van der Waals surface area contributed by atoms with Crippen LogP contribution in [-0.2, 0) is 26.2 Å². The van der Waals surface area contributed by atoms with E-state index in [1.54, 1.807) is 49.4 Å². The molecule has 0 bridgehead atoms. The molecule has 3 aromatic rings. The van der Waals surface area contributed by atoms with Crippen LogP contribution < -0.4 is 9.62 Å². The van der Waals surface area contributed by atoms with E-state index in [4.69, 9.17) is 23.2 Å². The molecule has 0 aliphatic carbocycles. The van der Waals surface area contributed by atoms with E-state index in [0.717, 1.165) is 34.1 Å². The number of carbonyl (C=O) groups excluding carboxylic acids is 2. The van der Waals surface area contributed by atoms with Crippen molar-refractivity contribution in [1.29, 1.82) is 0 Å². The summed E-state index contributed by atoms with van der Waals surface area (Å²) in [4.78, 5) is 27.8. The average molecular weight is 595 g/mol. The second kappa shape index (κ2) is 13.3. The van der Waals surface area contributed by atoms with Gasteiger partial charge < -0.3 is 10.2 Å². The standard InChI is InChI=1S/C28H30Cl2FN3O4S/c1-4-15-32-28(36)20(3)33(17-21-7-14-25(29)26(30)16-21)27(35)18-34(23-10-5-19(2)6-11-23)39(37,38)24-12-8-22(31)9-13-24/h5-14,16,20H,4,15,17-18H2,1-3H3,(H,32,36). The zero-order valence-electron chi connectivity index (χ0n) is 21.8. The van der Waals surface area contributed by atoms with Crippen molar-refractivity contribution in [3.05, 3.63) is 93.7 Å². The lowest BCUT2D eigenvalue weighted by Crippen LogP contribution is -2.51. The number of nitrogens with one attached hydrogen (secondary N) is 1. The highest BCUT2D eigenvalue weighted by atomic mass is 35.5. The molecule has 2 amide bonds. The van der Waals surface area contributed by atoms with Crippen molar-refractivity contribution in [2.24, 2.45) is 0 Å². The second-order valence-electron chi connectivity index (χ2n) is 9.04. The van der Waals surface area contributed by atoms with E-state index in [-0.39, 0.29) is 28.1 Å². The fourth-order valence-electron chi connectivity index (χ4n) is 3.79. The summed E-state index contributed by atoms with van der Waals surface area (Å²) in [6.45, 7) is 5.13. The normalized spacial score (nSPS) is 12.1. The summed E-state index contributed by atoms with van der Waals surface area (Å²) >= 11 is 12.2. The molecule has 3 rings (SSSR count). The second-order valence-corrected chi connectivity index (χ2v) is 11.7. The molecule has 0 radical (unpaired) electrons. The number of anilines is 1. The van der Waals surface area contributed by atoms with Crippen molar-refractivity contribution in [1.82, 2.24) is 10.2 Å². The average Bonchev–Trinajstić information content (AvgIpc) is 2.91. The van der Waals surface area contributed by atoms with E-state index in [2.05, 4.69) is 5.32 Å². The van der Waals surface area contributed by atoms with Gasteiger partial charge in [0.1, 0.15) is 18.4 Å². The predicted molar refractivity (Wildman–Crippen MR) is 152 cm³/mol. The van der Waals surface area contributed by atoms with Crippen molar-refractivity contribution in [3.8, 4) is 0 Å². The number of hydrogen-bond donors (Lipinski definition) is 1. The minimum absolute atomic E-state index is 0.0191. The zero-order valence-corrected chi connectivity index (χ0v) is 24.2. The highest BCUT2D eigenvalue weighted by Gasteiger charge is 2.32. The number of sulfonamides is 1. The molecule has 1 N–H and O–H groups in total. The Kier molecular flexibility index (Phi) is 10.4. The van der Waals surface area contributed by atoms with Gasteiger partial charge >= 0.3 is 0 Å². The summed E-state index contributed by atoms with van der Waals surface area (Å²) in [6, 6.07) is 14.9. The first kappa shape index (κ1) is 30.4. The molecule has 0 aromatic heterocycles. The third-order valence-electron chi connectivity index (χ3n) is 6.06. The van der Waals surface area contributed by atoms with Gasteiger partial charge in [0, 0.05) is 13.1 Å². The first-order valence-electron chi connectivity index (χ1n) is 12.3. The van der Waals surface area contributed by atoms with Gasteiger partial charge in [-0.15, -0.1) is 0 Å². The van der Waals surface area contributed by atoms with Crippen LogP contribution in [0.1, 0.15) is 31.4 Å². The van der Waals surface area contributed by atoms with Crippen LogP contribution in [0, 0.1) is 12.7 Å². The van der Waals surface area contributed by atoms with Gasteiger partial charge in [0.05, 0.1) is 20.6 Å². The molecule has 0 saturated heterocycles. The zero-order chi connectivity index (χ0) is 28.7.